The van der Waals surface area contributed by atoms with E-state index in [9.17, 15) is 4.79 Å². The van der Waals surface area contributed by atoms with Crippen LogP contribution in [0.4, 0.5) is 4.79 Å². The molecule has 0 fully saturated rings. The molecule has 1 aliphatic rings. The number of rotatable bonds is 8. The Morgan fingerprint density at radius 3 is 3.04 bits per heavy atom. The molecule has 0 spiro atoms. The number of aryl methyl sites for hydroxylation is 1. The highest BCUT2D eigenvalue weighted by Crippen LogP contribution is 2.31. The van der Waals surface area contributed by atoms with Crippen LogP contribution in [0.15, 0.2) is 65.0 Å². The lowest BCUT2D eigenvalue weighted by molar-refractivity contribution is 0.119. The molecule has 2 aromatic rings. The first-order valence-electron chi connectivity index (χ1n) is 8.33. The molecule has 0 atom stereocenters. The molecule has 0 radical (unpaired) electrons. The van der Waals surface area contributed by atoms with Gasteiger partial charge in [-0.25, -0.2) is 4.79 Å². The molecule has 1 aliphatic heterocycles. The van der Waals surface area contributed by atoms with E-state index in [0.29, 0.717) is 5.76 Å². The molecule has 2 aromatic heterocycles. The van der Waals surface area contributed by atoms with Crippen molar-refractivity contribution in [1.29, 1.82) is 0 Å². The van der Waals surface area contributed by atoms with Gasteiger partial charge in [-0.2, -0.15) is 0 Å². The van der Waals surface area contributed by atoms with Gasteiger partial charge in [-0.05, 0) is 47.7 Å². The summed E-state index contributed by atoms with van der Waals surface area (Å²) in [4.78, 5) is 18.6. The van der Waals surface area contributed by atoms with Crippen LogP contribution in [0, 0.1) is 0 Å². The first-order chi connectivity index (χ1) is 12.7. The number of aromatic nitrogens is 1. The summed E-state index contributed by atoms with van der Waals surface area (Å²) >= 11 is 3.34. The lowest BCUT2D eigenvalue weighted by Crippen LogP contribution is -2.25. The summed E-state index contributed by atoms with van der Waals surface area (Å²) in [6.07, 6.45) is 8.00. The molecule has 0 amide bonds. The van der Waals surface area contributed by atoms with Gasteiger partial charge in [-0.1, -0.05) is 18.2 Å². The van der Waals surface area contributed by atoms with E-state index in [0.717, 1.165) is 36.7 Å². The monoisotopic (exact) mass is 388 g/mol. The Balaban J connectivity index is 1.65. The minimum atomic E-state index is -1.28. The quantitative estimate of drug-likeness (QED) is 0.520. The Morgan fingerprint density at radius 2 is 2.31 bits per heavy atom. The number of hydrogen-bond donors (Lipinski definition) is 1. The number of thiophene rings is 1. The molecule has 5 nitrogen and oxygen atoms in total. The Labute approximate surface area is 161 Å². The molecular weight excluding hydrogens is 368 g/mol. The minimum absolute atomic E-state index is 0.409. The van der Waals surface area contributed by atoms with Crippen molar-refractivity contribution < 1.29 is 14.6 Å². The predicted octanol–water partition coefficient (Wildman–Crippen LogP) is 4.74. The van der Waals surface area contributed by atoms with E-state index in [1.54, 1.807) is 35.4 Å². The van der Waals surface area contributed by atoms with Crippen LogP contribution >= 0.6 is 23.1 Å². The van der Waals surface area contributed by atoms with E-state index < -0.39 is 6.16 Å². The maximum absolute atomic E-state index is 11.0. The van der Waals surface area contributed by atoms with Crippen molar-refractivity contribution in [1.82, 2.24) is 9.88 Å². The SMILES string of the molecule is O=C(O)OC1=C(SCCCc2cccnc2)N(Cc2cccs2)CC=C1. The number of allylic oxidation sites excluding steroid dienone is 1. The van der Waals surface area contributed by atoms with Gasteiger partial charge in [0.15, 0.2) is 5.76 Å². The molecular formula is C19H20N2O3S2. The van der Waals surface area contributed by atoms with Gasteiger partial charge in [0.1, 0.15) is 5.03 Å². The average Bonchev–Trinajstić information content (AvgIpc) is 3.14. The smallest absolute Gasteiger partial charge is 0.449 e. The van der Waals surface area contributed by atoms with Crippen molar-refractivity contribution in [3.05, 3.63) is 75.4 Å². The molecule has 3 heterocycles. The summed E-state index contributed by atoms with van der Waals surface area (Å²) in [5.74, 6) is 1.29. The van der Waals surface area contributed by atoms with Crippen LogP contribution in [0.25, 0.3) is 0 Å². The number of pyridine rings is 1. The van der Waals surface area contributed by atoms with Crippen molar-refractivity contribution in [2.75, 3.05) is 12.3 Å². The van der Waals surface area contributed by atoms with Crippen LogP contribution in [0.5, 0.6) is 0 Å². The first-order valence-corrected chi connectivity index (χ1v) is 10.2. The van der Waals surface area contributed by atoms with Gasteiger partial charge in [-0.15, -0.1) is 23.1 Å². The van der Waals surface area contributed by atoms with E-state index >= 15 is 0 Å². The van der Waals surface area contributed by atoms with Crippen LogP contribution in [0.3, 0.4) is 0 Å². The van der Waals surface area contributed by atoms with Crippen LogP contribution < -0.4 is 0 Å². The summed E-state index contributed by atoms with van der Waals surface area (Å²) in [5.41, 5.74) is 1.21. The molecule has 0 bridgehead atoms. The molecule has 0 saturated carbocycles. The molecule has 1 N–H and O–H groups in total. The minimum Gasteiger partial charge on any atom is -0.449 e. The summed E-state index contributed by atoms with van der Waals surface area (Å²) < 4.78 is 5.01. The highest BCUT2D eigenvalue weighted by molar-refractivity contribution is 8.03. The van der Waals surface area contributed by atoms with Crippen molar-refractivity contribution in [3.8, 4) is 0 Å². The van der Waals surface area contributed by atoms with E-state index in [2.05, 4.69) is 22.0 Å². The third-order valence-corrected chi connectivity index (χ3v) is 5.88. The first kappa shape index (κ1) is 18.5. The molecule has 0 saturated heterocycles. The maximum Gasteiger partial charge on any atom is 0.511 e. The van der Waals surface area contributed by atoms with Gasteiger partial charge >= 0.3 is 6.16 Å². The maximum atomic E-state index is 11.0. The Bertz CT molecular complexity index is 773. The fourth-order valence-corrected chi connectivity index (χ4v) is 4.42. The zero-order valence-electron chi connectivity index (χ0n) is 14.2. The van der Waals surface area contributed by atoms with Gasteiger partial charge < -0.3 is 14.7 Å². The summed E-state index contributed by atoms with van der Waals surface area (Å²) in [6.45, 7) is 1.49. The van der Waals surface area contributed by atoms with E-state index in [1.807, 2.05) is 29.8 Å². The highest BCUT2D eigenvalue weighted by Gasteiger charge is 2.21. The molecule has 0 aliphatic carbocycles. The van der Waals surface area contributed by atoms with Crippen LogP contribution in [-0.4, -0.2) is 33.4 Å². The molecule has 136 valence electrons. The van der Waals surface area contributed by atoms with Crippen molar-refractivity contribution in [3.63, 3.8) is 0 Å². The summed E-state index contributed by atoms with van der Waals surface area (Å²) in [6, 6.07) is 8.13. The van der Waals surface area contributed by atoms with Crippen molar-refractivity contribution >= 4 is 29.3 Å². The Morgan fingerprint density at radius 1 is 1.38 bits per heavy atom. The second-order valence-electron chi connectivity index (χ2n) is 5.71. The highest BCUT2D eigenvalue weighted by atomic mass is 32.2. The van der Waals surface area contributed by atoms with E-state index in [-0.39, 0.29) is 0 Å². The zero-order chi connectivity index (χ0) is 18.2. The number of ether oxygens (including phenoxy) is 1. The number of hydrogen-bond acceptors (Lipinski definition) is 6. The molecule has 3 rings (SSSR count). The van der Waals surface area contributed by atoms with Gasteiger partial charge in [0, 0.05) is 23.8 Å². The third kappa shape index (κ3) is 5.37. The summed E-state index contributed by atoms with van der Waals surface area (Å²) in [7, 11) is 0. The number of carboxylic acid groups (broad SMARTS) is 1. The Hall–Kier alpha value is -2.25. The molecule has 7 heteroatoms. The normalized spacial score (nSPS) is 13.9. The number of nitrogens with zero attached hydrogens (tertiary/aromatic N) is 2. The second-order valence-corrected chi connectivity index (χ2v) is 7.83. The molecule has 26 heavy (non-hydrogen) atoms. The van der Waals surface area contributed by atoms with Crippen LogP contribution in [0.2, 0.25) is 0 Å². The summed E-state index contributed by atoms with van der Waals surface area (Å²) in [5, 5.41) is 12.0. The topological polar surface area (TPSA) is 62.7 Å². The number of thioether (sulfide) groups is 1. The third-order valence-electron chi connectivity index (χ3n) is 3.79. The van der Waals surface area contributed by atoms with E-state index in [1.165, 1.54) is 10.4 Å². The lowest BCUT2D eigenvalue weighted by Gasteiger charge is -2.29. The van der Waals surface area contributed by atoms with Crippen molar-refractivity contribution in [2.45, 2.75) is 19.4 Å². The fourth-order valence-electron chi connectivity index (χ4n) is 2.65. The largest absolute Gasteiger partial charge is 0.511 e. The zero-order valence-corrected chi connectivity index (χ0v) is 15.8. The predicted molar refractivity (Wildman–Crippen MR) is 105 cm³/mol. The fraction of sp³-hybridized carbons (Fsp3) is 0.263. The molecule has 0 unspecified atom stereocenters. The lowest BCUT2D eigenvalue weighted by atomic mass is 10.2. The van der Waals surface area contributed by atoms with Crippen molar-refractivity contribution in [2.24, 2.45) is 0 Å². The van der Waals surface area contributed by atoms with Crippen LogP contribution in [-0.2, 0) is 17.7 Å². The van der Waals surface area contributed by atoms with E-state index in [4.69, 9.17) is 9.84 Å². The molecule has 0 aromatic carbocycles. The van der Waals surface area contributed by atoms with Gasteiger partial charge in [0.05, 0.1) is 6.54 Å². The Kier molecular flexibility index (Phi) is 6.74. The number of carbonyl (C=O) groups is 1. The average molecular weight is 389 g/mol. The standard InChI is InChI=1S/C19H20N2O3S2/c22-19(23)24-17-8-2-10-21(14-16-7-4-11-25-16)18(17)26-12-3-6-15-5-1-9-20-13-15/h1-2,4-5,7-9,11,13H,3,6,10,12,14H2,(H,22,23). The van der Waals surface area contributed by atoms with Gasteiger partial charge in [-0.3, -0.25) is 4.98 Å². The van der Waals surface area contributed by atoms with Crippen LogP contribution in [0.1, 0.15) is 16.9 Å². The van der Waals surface area contributed by atoms with Gasteiger partial charge in [0.2, 0.25) is 0 Å². The second kappa shape index (κ2) is 9.45. The van der Waals surface area contributed by atoms with Gasteiger partial charge in [0.25, 0.3) is 0 Å².